The van der Waals surface area contributed by atoms with Crippen LogP contribution in [0.5, 0.6) is 0 Å². The monoisotopic (exact) mass is 360 g/mol. The topological polar surface area (TPSA) is 36.1 Å². The van der Waals surface area contributed by atoms with E-state index in [2.05, 4.69) is 11.1 Å². The maximum absolute atomic E-state index is 12.4. The van der Waals surface area contributed by atoms with Crippen molar-refractivity contribution in [1.82, 2.24) is 9.88 Å². The van der Waals surface area contributed by atoms with Crippen LogP contribution in [0.3, 0.4) is 0 Å². The van der Waals surface area contributed by atoms with Gasteiger partial charge in [0, 0.05) is 37.1 Å². The van der Waals surface area contributed by atoms with E-state index in [-0.39, 0.29) is 5.91 Å². The van der Waals surface area contributed by atoms with Gasteiger partial charge in [-0.25, -0.2) is 0 Å². The van der Waals surface area contributed by atoms with Crippen LogP contribution >= 0.6 is 23.2 Å². The molecule has 1 heterocycles. The molecule has 5 heteroatoms. The SMILES string of the molecule is CN(Cc1cccc(Cl)c1Cl)C(=O)CCc1c[nH]c2ccccc12. The van der Waals surface area contributed by atoms with Crippen LogP contribution < -0.4 is 0 Å². The first kappa shape index (κ1) is 16.9. The quantitative estimate of drug-likeness (QED) is 0.677. The molecule has 3 nitrogen and oxygen atoms in total. The molecule has 0 bridgehead atoms. The third kappa shape index (κ3) is 3.58. The second kappa shape index (κ2) is 7.29. The Hall–Kier alpha value is -1.97. The molecule has 0 aliphatic heterocycles. The summed E-state index contributed by atoms with van der Waals surface area (Å²) in [5, 5.41) is 2.19. The van der Waals surface area contributed by atoms with Gasteiger partial charge in [0.25, 0.3) is 0 Å². The molecule has 0 atom stereocenters. The number of para-hydroxylation sites is 1. The molecule has 1 aromatic heterocycles. The number of hydrogen-bond donors (Lipinski definition) is 1. The Morgan fingerprint density at radius 2 is 1.88 bits per heavy atom. The van der Waals surface area contributed by atoms with Gasteiger partial charge in [0.2, 0.25) is 5.91 Å². The standard InChI is InChI=1S/C19H18Cl2N2O/c1-23(12-14-5-4-7-16(20)19(14)21)18(24)10-9-13-11-22-17-8-3-2-6-15(13)17/h2-8,11,22H,9-10,12H2,1H3. The highest BCUT2D eigenvalue weighted by Crippen LogP contribution is 2.26. The number of rotatable bonds is 5. The van der Waals surface area contributed by atoms with E-state index in [1.165, 1.54) is 5.39 Å². The number of carbonyl (C=O) groups is 1. The third-order valence-corrected chi connectivity index (χ3v) is 5.01. The molecule has 0 radical (unpaired) electrons. The molecule has 1 N–H and O–H groups in total. The van der Waals surface area contributed by atoms with Crippen molar-refractivity contribution in [2.75, 3.05) is 7.05 Å². The number of nitrogens with zero attached hydrogens (tertiary/aromatic N) is 1. The maximum Gasteiger partial charge on any atom is 0.222 e. The molecular formula is C19H18Cl2N2O. The molecule has 0 spiro atoms. The summed E-state index contributed by atoms with van der Waals surface area (Å²) in [6.07, 6.45) is 3.14. The summed E-state index contributed by atoms with van der Waals surface area (Å²) in [6.45, 7) is 0.451. The number of halogens is 2. The first-order valence-corrected chi connectivity index (χ1v) is 8.53. The lowest BCUT2D eigenvalue weighted by Gasteiger charge is -2.18. The van der Waals surface area contributed by atoms with Crippen molar-refractivity contribution in [3.8, 4) is 0 Å². The fourth-order valence-electron chi connectivity index (χ4n) is 2.79. The zero-order valence-electron chi connectivity index (χ0n) is 13.4. The first-order valence-electron chi connectivity index (χ1n) is 7.78. The number of fused-ring (bicyclic) bond motifs is 1. The molecule has 2 aromatic carbocycles. The minimum atomic E-state index is 0.0799. The van der Waals surface area contributed by atoms with E-state index in [9.17, 15) is 4.79 Å². The number of carbonyl (C=O) groups excluding carboxylic acids is 1. The molecule has 24 heavy (non-hydrogen) atoms. The van der Waals surface area contributed by atoms with Gasteiger partial charge < -0.3 is 9.88 Å². The molecule has 3 rings (SSSR count). The summed E-state index contributed by atoms with van der Waals surface area (Å²) in [6, 6.07) is 13.6. The van der Waals surface area contributed by atoms with E-state index in [0.29, 0.717) is 29.4 Å². The summed E-state index contributed by atoms with van der Waals surface area (Å²) in [4.78, 5) is 17.3. The van der Waals surface area contributed by atoms with Gasteiger partial charge in [-0.3, -0.25) is 4.79 Å². The van der Waals surface area contributed by atoms with Gasteiger partial charge in [0.05, 0.1) is 10.0 Å². The van der Waals surface area contributed by atoms with Crippen LogP contribution in [0.25, 0.3) is 10.9 Å². The number of hydrogen-bond acceptors (Lipinski definition) is 1. The van der Waals surface area contributed by atoms with Gasteiger partial charge in [-0.15, -0.1) is 0 Å². The summed E-state index contributed by atoms with van der Waals surface area (Å²) in [5.74, 6) is 0.0799. The van der Waals surface area contributed by atoms with Gasteiger partial charge in [-0.2, -0.15) is 0 Å². The van der Waals surface area contributed by atoms with Gasteiger partial charge >= 0.3 is 0 Å². The molecule has 3 aromatic rings. The van der Waals surface area contributed by atoms with Crippen molar-refractivity contribution < 1.29 is 4.79 Å². The Labute approximate surface area is 151 Å². The van der Waals surface area contributed by atoms with E-state index in [1.807, 2.05) is 36.5 Å². The van der Waals surface area contributed by atoms with Gasteiger partial charge in [-0.1, -0.05) is 53.5 Å². The second-order valence-corrected chi connectivity index (χ2v) is 6.61. The molecule has 0 saturated heterocycles. The highest BCUT2D eigenvalue weighted by molar-refractivity contribution is 6.42. The van der Waals surface area contributed by atoms with Crippen LogP contribution in [0.4, 0.5) is 0 Å². The number of aromatic amines is 1. The lowest BCUT2D eigenvalue weighted by atomic mass is 10.1. The van der Waals surface area contributed by atoms with Crippen molar-refractivity contribution in [3.05, 3.63) is 69.8 Å². The Morgan fingerprint density at radius 3 is 2.71 bits per heavy atom. The molecular weight excluding hydrogens is 343 g/mol. The number of benzene rings is 2. The molecule has 0 fully saturated rings. The Bertz CT molecular complexity index is 873. The Morgan fingerprint density at radius 1 is 1.08 bits per heavy atom. The summed E-state index contributed by atoms with van der Waals surface area (Å²) >= 11 is 12.2. The van der Waals surface area contributed by atoms with Crippen molar-refractivity contribution in [2.45, 2.75) is 19.4 Å². The number of nitrogens with one attached hydrogen (secondary N) is 1. The van der Waals surface area contributed by atoms with Crippen molar-refractivity contribution >= 4 is 40.0 Å². The van der Waals surface area contributed by atoms with Gasteiger partial charge in [0.1, 0.15) is 0 Å². The van der Waals surface area contributed by atoms with Gasteiger partial charge in [-0.05, 0) is 29.7 Å². The molecule has 1 amide bonds. The van der Waals surface area contributed by atoms with Crippen LogP contribution in [-0.2, 0) is 17.8 Å². The lowest BCUT2D eigenvalue weighted by Crippen LogP contribution is -2.26. The Kier molecular flexibility index (Phi) is 5.12. The van der Waals surface area contributed by atoms with Crippen LogP contribution in [0.2, 0.25) is 10.0 Å². The number of aryl methyl sites for hydroxylation is 1. The zero-order chi connectivity index (χ0) is 17.1. The fourth-order valence-corrected chi connectivity index (χ4v) is 3.17. The molecule has 0 unspecified atom stereocenters. The highest BCUT2D eigenvalue weighted by atomic mass is 35.5. The predicted molar refractivity (Wildman–Crippen MR) is 99.6 cm³/mol. The molecule has 0 saturated carbocycles. The average molecular weight is 361 g/mol. The predicted octanol–water partition coefficient (Wildman–Crippen LogP) is 5.07. The van der Waals surface area contributed by atoms with E-state index in [0.717, 1.165) is 16.6 Å². The first-order chi connectivity index (χ1) is 11.6. The summed E-state index contributed by atoms with van der Waals surface area (Å²) in [7, 11) is 1.79. The van der Waals surface area contributed by atoms with Crippen LogP contribution in [0.1, 0.15) is 17.5 Å². The van der Waals surface area contributed by atoms with Crippen LogP contribution in [0, 0.1) is 0 Å². The molecule has 124 valence electrons. The fraction of sp³-hybridized carbons (Fsp3) is 0.211. The van der Waals surface area contributed by atoms with Crippen LogP contribution in [-0.4, -0.2) is 22.8 Å². The minimum absolute atomic E-state index is 0.0799. The smallest absolute Gasteiger partial charge is 0.222 e. The Balaban J connectivity index is 1.63. The zero-order valence-corrected chi connectivity index (χ0v) is 14.9. The normalized spacial score (nSPS) is 11.0. The summed E-state index contributed by atoms with van der Waals surface area (Å²) < 4.78 is 0. The summed E-state index contributed by atoms with van der Waals surface area (Å²) in [5.41, 5.74) is 3.11. The van der Waals surface area contributed by atoms with E-state index in [1.54, 1.807) is 18.0 Å². The highest BCUT2D eigenvalue weighted by Gasteiger charge is 2.13. The van der Waals surface area contributed by atoms with E-state index < -0.39 is 0 Å². The molecule has 0 aliphatic rings. The van der Waals surface area contributed by atoms with Gasteiger partial charge in [0.15, 0.2) is 0 Å². The van der Waals surface area contributed by atoms with E-state index in [4.69, 9.17) is 23.2 Å². The maximum atomic E-state index is 12.4. The number of H-pyrrole nitrogens is 1. The van der Waals surface area contributed by atoms with Crippen molar-refractivity contribution in [2.24, 2.45) is 0 Å². The number of amides is 1. The van der Waals surface area contributed by atoms with Crippen molar-refractivity contribution in [1.29, 1.82) is 0 Å². The number of aromatic nitrogens is 1. The second-order valence-electron chi connectivity index (χ2n) is 5.82. The van der Waals surface area contributed by atoms with Crippen molar-refractivity contribution in [3.63, 3.8) is 0 Å². The van der Waals surface area contributed by atoms with E-state index >= 15 is 0 Å². The minimum Gasteiger partial charge on any atom is -0.361 e. The average Bonchev–Trinajstić information content (AvgIpc) is 3.00. The molecule has 0 aliphatic carbocycles. The third-order valence-electron chi connectivity index (χ3n) is 4.15. The largest absolute Gasteiger partial charge is 0.361 e. The lowest BCUT2D eigenvalue weighted by molar-refractivity contribution is -0.130. The van der Waals surface area contributed by atoms with Crippen LogP contribution in [0.15, 0.2) is 48.7 Å².